The Morgan fingerprint density at radius 1 is 1.00 bits per heavy atom. The van der Waals surface area contributed by atoms with Crippen LogP contribution in [-0.2, 0) is 16.0 Å². The Morgan fingerprint density at radius 3 is 2.37 bits per heavy atom. The summed E-state index contributed by atoms with van der Waals surface area (Å²) in [5.41, 5.74) is 2.67. The van der Waals surface area contributed by atoms with Crippen LogP contribution in [0.1, 0.15) is 61.0 Å². The van der Waals surface area contributed by atoms with Crippen LogP contribution in [0.5, 0.6) is 5.75 Å². The minimum absolute atomic E-state index is 0.00457. The lowest BCUT2D eigenvalue weighted by atomic mass is 9.96. The molecule has 2 saturated heterocycles. The van der Waals surface area contributed by atoms with Gasteiger partial charge < -0.3 is 25.0 Å². The van der Waals surface area contributed by atoms with E-state index in [1.54, 1.807) is 19.1 Å². The lowest BCUT2D eigenvalue weighted by molar-refractivity contribution is -0.149. The number of phenols is 1. The number of phenolic OH excluding ortho intramolecular Hbond substituents is 1. The maximum absolute atomic E-state index is 12.8. The molecule has 7 nitrogen and oxygen atoms in total. The number of nitrogens with zero attached hydrogens (tertiary/aromatic N) is 2. The second kappa shape index (κ2) is 13.8. The molecule has 38 heavy (non-hydrogen) atoms. The monoisotopic (exact) mass is 521 g/mol. The van der Waals surface area contributed by atoms with Crippen molar-refractivity contribution in [1.29, 1.82) is 0 Å². The Hall–Kier alpha value is -2.90. The number of piperidine rings is 1. The maximum Gasteiger partial charge on any atom is 0.309 e. The van der Waals surface area contributed by atoms with Crippen LogP contribution in [0, 0.1) is 11.8 Å². The normalized spacial score (nSPS) is 20.4. The van der Waals surface area contributed by atoms with E-state index in [1.807, 2.05) is 41.3 Å². The van der Waals surface area contributed by atoms with E-state index in [1.165, 1.54) is 39.0 Å². The number of likely N-dealkylation sites (tertiary alicyclic amines) is 1. The third kappa shape index (κ3) is 8.57. The van der Waals surface area contributed by atoms with Crippen molar-refractivity contribution in [3.05, 3.63) is 65.2 Å². The molecule has 0 radical (unpaired) electrons. The zero-order chi connectivity index (χ0) is 26.9. The van der Waals surface area contributed by atoms with Crippen molar-refractivity contribution in [1.82, 2.24) is 15.1 Å². The first-order valence-electron chi connectivity index (χ1n) is 14.2. The number of carbonyl (C=O) groups excluding carboxylic acids is 2. The summed E-state index contributed by atoms with van der Waals surface area (Å²) in [4.78, 5) is 29.1. The fraction of sp³-hybridized carbons (Fsp3) is 0.548. The van der Waals surface area contributed by atoms with Crippen molar-refractivity contribution in [2.45, 2.75) is 52.0 Å². The van der Waals surface area contributed by atoms with Crippen molar-refractivity contribution < 1.29 is 19.4 Å². The Bertz CT molecular complexity index is 1060. The van der Waals surface area contributed by atoms with E-state index in [4.69, 9.17) is 4.74 Å². The number of esters is 1. The SMILES string of the molecule is CC1CN(CC2CC2)CCN1.CCOC(=O)C1CCN(C(=O)c2cccc(Cc3cccc(O)c3)c2)CC1. The molecule has 0 aromatic heterocycles. The van der Waals surface area contributed by atoms with E-state index >= 15 is 0 Å². The van der Waals surface area contributed by atoms with Gasteiger partial charge in [-0.3, -0.25) is 9.59 Å². The molecule has 3 fully saturated rings. The van der Waals surface area contributed by atoms with Gasteiger partial charge in [-0.2, -0.15) is 0 Å². The predicted octanol–water partition coefficient (Wildman–Crippen LogP) is 4.09. The number of nitrogens with one attached hydrogen (secondary N) is 1. The molecule has 1 atom stereocenters. The first-order valence-corrected chi connectivity index (χ1v) is 14.2. The summed E-state index contributed by atoms with van der Waals surface area (Å²) in [6.45, 7) is 10.7. The van der Waals surface area contributed by atoms with Crippen molar-refractivity contribution in [3.63, 3.8) is 0 Å². The standard InChI is InChI=1S/C22H25NO4.C9H18N2/c1-2-27-22(26)18-9-11-23(12-10-18)21(25)19-7-3-5-16(14-19)13-17-6-4-8-20(24)15-17;1-8-6-11(5-4-10-8)7-9-2-3-9/h3-8,14-15,18,24H,2,9-13H2,1H3;8-10H,2-7H2,1H3. The van der Waals surface area contributed by atoms with E-state index in [0.717, 1.165) is 17.0 Å². The average Bonchev–Trinajstić information content (AvgIpc) is 3.73. The molecule has 1 unspecified atom stereocenters. The third-order valence-corrected chi connectivity index (χ3v) is 7.56. The second-order valence-corrected chi connectivity index (χ2v) is 10.9. The van der Waals surface area contributed by atoms with Crippen molar-refractivity contribution in [3.8, 4) is 5.75 Å². The summed E-state index contributed by atoms with van der Waals surface area (Å²) in [5.74, 6) is 1.03. The lowest BCUT2D eigenvalue weighted by Gasteiger charge is -2.31. The summed E-state index contributed by atoms with van der Waals surface area (Å²) in [7, 11) is 0. The molecule has 0 spiro atoms. The number of hydrogen-bond acceptors (Lipinski definition) is 6. The van der Waals surface area contributed by atoms with Gasteiger partial charge in [0.1, 0.15) is 5.75 Å². The zero-order valence-corrected chi connectivity index (χ0v) is 22.9. The van der Waals surface area contributed by atoms with Gasteiger partial charge in [0.15, 0.2) is 0 Å². The smallest absolute Gasteiger partial charge is 0.309 e. The summed E-state index contributed by atoms with van der Waals surface area (Å²) < 4.78 is 5.08. The Morgan fingerprint density at radius 2 is 1.71 bits per heavy atom. The number of carbonyl (C=O) groups is 2. The van der Waals surface area contributed by atoms with Crippen LogP contribution in [0.4, 0.5) is 0 Å². The van der Waals surface area contributed by atoms with Gasteiger partial charge in [-0.25, -0.2) is 0 Å². The van der Waals surface area contributed by atoms with Crippen LogP contribution in [0.2, 0.25) is 0 Å². The van der Waals surface area contributed by atoms with Crippen LogP contribution in [-0.4, -0.2) is 78.7 Å². The summed E-state index contributed by atoms with van der Waals surface area (Å²) in [5, 5.41) is 13.1. The molecule has 1 amide bonds. The molecule has 2 aliphatic heterocycles. The van der Waals surface area contributed by atoms with Crippen LogP contribution < -0.4 is 5.32 Å². The molecule has 2 aromatic rings. The van der Waals surface area contributed by atoms with Gasteiger partial charge in [0.2, 0.25) is 0 Å². The topological polar surface area (TPSA) is 82.1 Å². The number of rotatable bonds is 7. The van der Waals surface area contributed by atoms with Gasteiger partial charge in [0, 0.05) is 50.9 Å². The minimum Gasteiger partial charge on any atom is -0.508 e. The molecule has 3 aliphatic rings. The van der Waals surface area contributed by atoms with Gasteiger partial charge in [0.25, 0.3) is 5.91 Å². The maximum atomic E-state index is 12.8. The van der Waals surface area contributed by atoms with E-state index in [2.05, 4.69) is 17.1 Å². The molecule has 1 aliphatic carbocycles. The van der Waals surface area contributed by atoms with Gasteiger partial charge in [0.05, 0.1) is 12.5 Å². The van der Waals surface area contributed by atoms with Crippen LogP contribution in [0.15, 0.2) is 48.5 Å². The number of amides is 1. The van der Waals surface area contributed by atoms with E-state index in [-0.39, 0.29) is 23.5 Å². The van der Waals surface area contributed by atoms with Gasteiger partial charge in [-0.05, 0) is 87.3 Å². The molecule has 2 heterocycles. The van der Waals surface area contributed by atoms with Crippen LogP contribution in [0.25, 0.3) is 0 Å². The molecule has 2 aromatic carbocycles. The van der Waals surface area contributed by atoms with Gasteiger partial charge in [-0.1, -0.05) is 24.3 Å². The fourth-order valence-electron chi connectivity index (χ4n) is 5.32. The predicted molar refractivity (Wildman–Crippen MR) is 149 cm³/mol. The number of benzene rings is 2. The van der Waals surface area contributed by atoms with Crippen molar-refractivity contribution in [2.24, 2.45) is 11.8 Å². The Kier molecular flexibility index (Phi) is 10.2. The van der Waals surface area contributed by atoms with Crippen molar-refractivity contribution in [2.75, 3.05) is 45.9 Å². The van der Waals surface area contributed by atoms with E-state index < -0.39 is 0 Å². The highest BCUT2D eigenvalue weighted by molar-refractivity contribution is 5.94. The number of hydrogen-bond donors (Lipinski definition) is 2. The number of piperazine rings is 1. The quantitative estimate of drug-likeness (QED) is 0.534. The van der Waals surface area contributed by atoms with E-state index in [0.29, 0.717) is 50.6 Å². The lowest BCUT2D eigenvalue weighted by Crippen LogP contribution is -2.49. The molecule has 2 N–H and O–H groups in total. The Labute approximate surface area is 227 Å². The Balaban J connectivity index is 0.000000253. The molecular weight excluding hydrogens is 478 g/mol. The van der Waals surface area contributed by atoms with Gasteiger partial charge >= 0.3 is 5.97 Å². The molecule has 206 valence electrons. The zero-order valence-electron chi connectivity index (χ0n) is 22.9. The first-order chi connectivity index (χ1) is 18.4. The van der Waals surface area contributed by atoms with Crippen molar-refractivity contribution >= 4 is 11.9 Å². The summed E-state index contributed by atoms with van der Waals surface area (Å²) in [6, 6.07) is 15.4. The summed E-state index contributed by atoms with van der Waals surface area (Å²) >= 11 is 0. The first kappa shape index (κ1) is 28.1. The minimum atomic E-state index is -0.155. The largest absolute Gasteiger partial charge is 0.508 e. The van der Waals surface area contributed by atoms with E-state index in [9.17, 15) is 14.7 Å². The molecule has 5 rings (SSSR count). The molecule has 0 bridgehead atoms. The number of aromatic hydroxyl groups is 1. The van der Waals surface area contributed by atoms with Gasteiger partial charge in [-0.15, -0.1) is 0 Å². The highest BCUT2D eigenvalue weighted by Gasteiger charge is 2.29. The average molecular weight is 522 g/mol. The molecule has 1 saturated carbocycles. The summed E-state index contributed by atoms with van der Waals surface area (Å²) in [6.07, 6.45) is 4.91. The van der Waals surface area contributed by atoms with Crippen LogP contribution in [0.3, 0.4) is 0 Å². The highest BCUT2D eigenvalue weighted by atomic mass is 16.5. The third-order valence-electron chi connectivity index (χ3n) is 7.56. The molecule has 7 heteroatoms. The van der Waals surface area contributed by atoms with Crippen LogP contribution >= 0.6 is 0 Å². The molecular formula is C31H43N3O4. The fourth-order valence-corrected chi connectivity index (χ4v) is 5.32. The number of ether oxygens (including phenoxy) is 1. The highest BCUT2D eigenvalue weighted by Crippen LogP contribution is 2.29. The second-order valence-electron chi connectivity index (χ2n) is 10.9.